The highest BCUT2D eigenvalue weighted by Gasteiger charge is 2.35. The number of rotatable bonds is 4. The molecule has 2 aromatic rings. The van der Waals surface area contributed by atoms with Crippen LogP contribution < -0.4 is 0 Å². The molecule has 0 spiro atoms. The smallest absolute Gasteiger partial charge is 0.358 e. The molecule has 20 heavy (non-hydrogen) atoms. The normalized spacial score (nSPS) is 10.5. The van der Waals surface area contributed by atoms with Gasteiger partial charge in [0.15, 0.2) is 0 Å². The van der Waals surface area contributed by atoms with Gasteiger partial charge in [-0.05, 0) is 23.5 Å². The Morgan fingerprint density at radius 3 is 2.40 bits per heavy atom. The molecule has 0 aliphatic heterocycles. The number of halogens is 1. The van der Waals surface area contributed by atoms with Crippen LogP contribution >= 0.6 is 11.6 Å². The van der Waals surface area contributed by atoms with Gasteiger partial charge >= 0.3 is 11.5 Å². The molecule has 0 fully saturated rings. The zero-order chi connectivity index (χ0) is 14.9. The summed E-state index contributed by atoms with van der Waals surface area (Å²) in [6, 6.07) is 6.88. The molecule has 1 aromatic carbocycles. The molecule has 0 N–H and O–H groups in total. The lowest BCUT2D eigenvalue weighted by molar-refractivity contribution is -0.424. The first kappa shape index (κ1) is 13.9. The Balaban J connectivity index is 2.49. The van der Waals surface area contributed by atoms with E-state index in [4.69, 9.17) is 11.6 Å². The van der Waals surface area contributed by atoms with E-state index in [-0.39, 0.29) is 12.2 Å². The molecule has 0 saturated carbocycles. The van der Waals surface area contributed by atoms with Gasteiger partial charge in [0, 0.05) is 5.02 Å². The highest BCUT2D eigenvalue weighted by Crippen LogP contribution is 2.30. The lowest BCUT2D eigenvalue weighted by atomic mass is 10.2. The largest absolute Gasteiger partial charge is 0.468 e. The molecule has 9 heteroatoms. The summed E-state index contributed by atoms with van der Waals surface area (Å²) in [6.45, 7) is 1.54. The fraction of sp³-hybridized carbons (Fsp3) is 0.182. The average molecular weight is 297 g/mol. The van der Waals surface area contributed by atoms with Gasteiger partial charge in [-0.2, -0.15) is 4.68 Å². The van der Waals surface area contributed by atoms with Crippen molar-refractivity contribution in [2.24, 2.45) is 0 Å². The summed E-state index contributed by atoms with van der Waals surface area (Å²) in [5, 5.41) is 25.9. The molecule has 0 bridgehead atoms. The lowest BCUT2D eigenvalue weighted by Gasteiger charge is -2.02. The standard InChI is InChI=1S/C11H9ClN4O4/c1-7-10(15(17)18)11(16(19)20)13-14(7)6-8-4-2-3-5-9(8)12/h2-5H,6H2,1H3. The average Bonchev–Trinajstić information content (AvgIpc) is 2.70. The van der Waals surface area contributed by atoms with Crippen molar-refractivity contribution in [3.05, 3.63) is 60.8 Å². The van der Waals surface area contributed by atoms with Gasteiger partial charge in [-0.3, -0.25) is 10.1 Å². The van der Waals surface area contributed by atoms with Crippen LogP contribution in [-0.2, 0) is 6.54 Å². The first-order valence-electron chi connectivity index (χ1n) is 5.51. The third kappa shape index (κ3) is 2.45. The minimum atomic E-state index is -0.867. The first-order chi connectivity index (χ1) is 9.41. The molecule has 0 radical (unpaired) electrons. The SMILES string of the molecule is Cc1c([N+](=O)[O-])c([N+](=O)[O-])nn1Cc1ccccc1Cl. The second-order valence-electron chi connectivity index (χ2n) is 4.02. The quantitative estimate of drug-likeness (QED) is 0.637. The van der Waals surface area contributed by atoms with Gasteiger partial charge in [0.2, 0.25) is 0 Å². The van der Waals surface area contributed by atoms with Crippen molar-refractivity contribution in [3.8, 4) is 0 Å². The summed E-state index contributed by atoms with van der Waals surface area (Å²) in [5.74, 6) is -0.764. The Bertz CT molecular complexity index is 698. The Morgan fingerprint density at radius 2 is 1.90 bits per heavy atom. The van der Waals surface area contributed by atoms with Crippen LogP contribution in [0, 0.1) is 27.2 Å². The molecule has 1 aromatic heterocycles. The third-order valence-corrected chi connectivity index (χ3v) is 3.16. The van der Waals surface area contributed by atoms with Crippen LogP contribution in [-0.4, -0.2) is 19.6 Å². The summed E-state index contributed by atoms with van der Waals surface area (Å²) >= 11 is 5.99. The maximum Gasteiger partial charge on any atom is 0.468 e. The highest BCUT2D eigenvalue weighted by molar-refractivity contribution is 6.31. The van der Waals surface area contributed by atoms with Crippen LogP contribution in [0.2, 0.25) is 5.02 Å². The minimum absolute atomic E-state index is 0.113. The van der Waals surface area contributed by atoms with Crippen molar-refractivity contribution in [1.29, 1.82) is 0 Å². The molecule has 0 aliphatic rings. The maximum atomic E-state index is 10.9. The molecular weight excluding hydrogens is 288 g/mol. The van der Waals surface area contributed by atoms with Gasteiger partial charge in [0.1, 0.15) is 5.69 Å². The lowest BCUT2D eigenvalue weighted by Crippen LogP contribution is -2.05. The van der Waals surface area contributed by atoms with Gasteiger partial charge < -0.3 is 10.1 Å². The topological polar surface area (TPSA) is 104 Å². The van der Waals surface area contributed by atoms with E-state index >= 15 is 0 Å². The van der Waals surface area contributed by atoms with Crippen molar-refractivity contribution >= 4 is 23.1 Å². The predicted octanol–water partition coefficient (Wildman–Crippen LogP) is 2.71. The molecule has 104 valence electrons. The highest BCUT2D eigenvalue weighted by atomic mass is 35.5. The number of hydrogen-bond donors (Lipinski definition) is 0. The Kier molecular flexibility index (Phi) is 3.66. The number of aromatic nitrogens is 2. The molecule has 0 aliphatic carbocycles. The van der Waals surface area contributed by atoms with Crippen molar-refractivity contribution < 1.29 is 9.85 Å². The molecule has 0 atom stereocenters. The molecule has 2 rings (SSSR count). The number of hydrogen-bond acceptors (Lipinski definition) is 5. The Hall–Kier alpha value is -2.48. The van der Waals surface area contributed by atoms with Crippen LogP contribution in [0.4, 0.5) is 11.5 Å². The number of benzene rings is 1. The fourth-order valence-electron chi connectivity index (χ4n) is 1.80. The summed E-state index contributed by atoms with van der Waals surface area (Å²) in [6.07, 6.45) is 0. The van der Waals surface area contributed by atoms with E-state index in [1.54, 1.807) is 24.3 Å². The van der Waals surface area contributed by atoms with Gasteiger partial charge in [-0.25, -0.2) is 0 Å². The molecule has 8 nitrogen and oxygen atoms in total. The fourth-order valence-corrected chi connectivity index (χ4v) is 1.99. The van der Waals surface area contributed by atoms with Gasteiger partial charge in [-0.15, -0.1) is 0 Å². The van der Waals surface area contributed by atoms with Crippen molar-refractivity contribution in [2.75, 3.05) is 0 Å². The van der Waals surface area contributed by atoms with Crippen LogP contribution in [0.1, 0.15) is 11.3 Å². The zero-order valence-corrected chi connectivity index (χ0v) is 11.1. The van der Waals surface area contributed by atoms with Crippen LogP contribution in [0.3, 0.4) is 0 Å². The predicted molar refractivity (Wildman–Crippen MR) is 70.8 cm³/mol. The van der Waals surface area contributed by atoms with E-state index in [0.29, 0.717) is 10.6 Å². The molecule has 1 heterocycles. The van der Waals surface area contributed by atoms with Gasteiger partial charge in [-0.1, -0.05) is 29.8 Å². The molecule has 0 saturated heterocycles. The first-order valence-corrected chi connectivity index (χ1v) is 5.89. The van der Waals surface area contributed by atoms with Crippen LogP contribution in [0.25, 0.3) is 0 Å². The minimum Gasteiger partial charge on any atom is -0.358 e. The number of nitrogens with zero attached hydrogens (tertiary/aromatic N) is 4. The zero-order valence-electron chi connectivity index (χ0n) is 10.3. The Labute approximate surface area is 117 Å². The van der Waals surface area contributed by atoms with Gasteiger partial charge in [0.25, 0.3) is 0 Å². The van der Waals surface area contributed by atoms with Crippen LogP contribution in [0.15, 0.2) is 24.3 Å². The summed E-state index contributed by atoms with van der Waals surface area (Å²) in [7, 11) is 0. The monoisotopic (exact) mass is 296 g/mol. The maximum absolute atomic E-state index is 10.9. The summed E-state index contributed by atoms with van der Waals surface area (Å²) < 4.78 is 1.21. The van der Waals surface area contributed by atoms with E-state index in [9.17, 15) is 20.2 Å². The van der Waals surface area contributed by atoms with E-state index in [2.05, 4.69) is 5.10 Å². The molecular formula is C11H9ClN4O4. The molecule has 0 unspecified atom stereocenters. The summed E-state index contributed by atoms with van der Waals surface area (Å²) in [5.41, 5.74) is 0.188. The van der Waals surface area contributed by atoms with Crippen molar-refractivity contribution in [3.63, 3.8) is 0 Å². The van der Waals surface area contributed by atoms with Crippen LogP contribution in [0.5, 0.6) is 0 Å². The second-order valence-corrected chi connectivity index (χ2v) is 4.43. The number of nitro groups is 2. The van der Waals surface area contributed by atoms with Gasteiger partial charge in [0.05, 0.1) is 16.6 Å². The second kappa shape index (κ2) is 5.25. The summed E-state index contributed by atoms with van der Waals surface area (Å²) in [4.78, 5) is 20.0. The van der Waals surface area contributed by atoms with E-state index in [1.165, 1.54) is 11.6 Å². The van der Waals surface area contributed by atoms with E-state index in [1.807, 2.05) is 0 Å². The van der Waals surface area contributed by atoms with Crippen molar-refractivity contribution in [2.45, 2.75) is 13.5 Å². The molecule has 0 amide bonds. The Morgan fingerprint density at radius 1 is 1.25 bits per heavy atom. The van der Waals surface area contributed by atoms with Crippen molar-refractivity contribution in [1.82, 2.24) is 9.78 Å². The van der Waals surface area contributed by atoms with E-state index in [0.717, 1.165) is 0 Å². The van der Waals surface area contributed by atoms with E-state index < -0.39 is 21.4 Å². The third-order valence-electron chi connectivity index (χ3n) is 2.79.